The van der Waals surface area contributed by atoms with Crippen LogP contribution in [0.3, 0.4) is 0 Å². The van der Waals surface area contributed by atoms with Gasteiger partial charge in [0.05, 0.1) is 23.8 Å². The number of nitrogen functional groups attached to an aromatic ring is 1. The van der Waals surface area contributed by atoms with Crippen LogP contribution in [-0.4, -0.2) is 58.1 Å². The molecule has 3 aromatic rings. The second-order valence-corrected chi connectivity index (χ2v) is 9.50. The molecule has 3 N–H and O–H groups in total. The molecule has 0 aliphatic carbocycles. The van der Waals surface area contributed by atoms with E-state index in [1.54, 1.807) is 16.5 Å². The molecular weight excluding hydrogens is 402 g/mol. The number of aromatic nitrogens is 4. The van der Waals surface area contributed by atoms with Gasteiger partial charge in [-0.05, 0) is 19.4 Å². The molecule has 148 valence electrons. The maximum Gasteiger partial charge on any atom is 0.266 e. The summed E-state index contributed by atoms with van der Waals surface area (Å²) in [5.74, 6) is -0.231. The quantitative estimate of drug-likeness (QED) is 0.623. The number of rotatable bonds is 4. The van der Waals surface area contributed by atoms with E-state index in [0.717, 1.165) is 16.6 Å². The summed E-state index contributed by atoms with van der Waals surface area (Å²) in [7, 11) is -2.02. The largest absolute Gasteiger partial charge is 0.397 e. The molecule has 0 spiro atoms. The van der Waals surface area contributed by atoms with E-state index in [0.29, 0.717) is 15.4 Å². The molecule has 0 saturated carbocycles. The topological polar surface area (TPSA) is 136 Å². The molecular formula is C16H19N7O3S2. The van der Waals surface area contributed by atoms with Gasteiger partial charge in [-0.3, -0.25) is 4.79 Å². The zero-order valence-corrected chi connectivity index (χ0v) is 17.1. The number of nitrogens with two attached hydrogens (primary N) is 1. The van der Waals surface area contributed by atoms with E-state index in [4.69, 9.17) is 5.73 Å². The van der Waals surface area contributed by atoms with Gasteiger partial charge >= 0.3 is 0 Å². The van der Waals surface area contributed by atoms with Crippen molar-refractivity contribution in [2.75, 3.05) is 18.8 Å². The van der Waals surface area contributed by atoms with E-state index in [2.05, 4.69) is 19.9 Å². The minimum atomic E-state index is -3.71. The van der Waals surface area contributed by atoms with Gasteiger partial charge < -0.3 is 15.2 Å². The number of anilines is 1. The van der Waals surface area contributed by atoms with E-state index in [9.17, 15) is 13.2 Å². The van der Waals surface area contributed by atoms with E-state index in [-0.39, 0.29) is 30.1 Å². The molecule has 12 heteroatoms. The highest BCUT2D eigenvalue weighted by atomic mass is 32.2. The molecule has 0 bridgehead atoms. The minimum Gasteiger partial charge on any atom is -0.397 e. The molecule has 1 aliphatic rings. The minimum absolute atomic E-state index is 0.0436. The number of thiophene rings is 1. The number of nitrogens with zero attached hydrogens (tertiary/aromatic N) is 5. The lowest BCUT2D eigenvalue weighted by molar-refractivity contribution is 0.0598. The zero-order chi connectivity index (χ0) is 20.2. The number of aryl methyl sites for hydroxylation is 3. The number of likely N-dealkylation sites (tertiary alicyclic amines) is 1. The average molecular weight is 422 g/mol. The van der Waals surface area contributed by atoms with Gasteiger partial charge in [0, 0.05) is 31.7 Å². The summed E-state index contributed by atoms with van der Waals surface area (Å²) in [5, 5.41) is 8.92. The molecule has 10 nitrogen and oxygen atoms in total. The third-order valence-electron chi connectivity index (χ3n) is 4.78. The van der Waals surface area contributed by atoms with Crippen LogP contribution < -0.4 is 10.5 Å². The van der Waals surface area contributed by atoms with Crippen LogP contribution in [-0.2, 0) is 17.1 Å². The fraction of sp³-hybridized carbons (Fsp3) is 0.375. The number of carbonyl (C=O) groups excluding carboxylic acids is 1. The molecule has 0 atom stereocenters. The molecule has 0 radical (unpaired) electrons. The lowest BCUT2D eigenvalue weighted by Gasteiger charge is -2.38. The van der Waals surface area contributed by atoms with Crippen molar-refractivity contribution in [3.63, 3.8) is 0 Å². The Kier molecular flexibility index (Phi) is 4.36. The smallest absolute Gasteiger partial charge is 0.266 e. The maximum absolute atomic E-state index is 12.8. The van der Waals surface area contributed by atoms with Gasteiger partial charge in [0.1, 0.15) is 9.71 Å². The fourth-order valence-corrected chi connectivity index (χ4v) is 5.34. The number of sulfonamides is 1. The Bertz CT molecular complexity index is 1190. The van der Waals surface area contributed by atoms with Crippen molar-refractivity contribution < 1.29 is 13.2 Å². The van der Waals surface area contributed by atoms with Crippen molar-refractivity contribution in [1.29, 1.82) is 0 Å². The van der Waals surface area contributed by atoms with Crippen molar-refractivity contribution in [3.05, 3.63) is 28.7 Å². The van der Waals surface area contributed by atoms with Crippen molar-refractivity contribution in [1.82, 2.24) is 29.4 Å². The normalized spacial score (nSPS) is 15.2. The van der Waals surface area contributed by atoms with Crippen LogP contribution in [0.4, 0.5) is 5.69 Å². The number of fused-ring (bicyclic) bond motifs is 1. The first-order chi connectivity index (χ1) is 13.2. The zero-order valence-electron chi connectivity index (χ0n) is 15.5. The first-order valence-electron chi connectivity index (χ1n) is 8.49. The monoisotopic (exact) mass is 421 g/mol. The molecule has 1 saturated heterocycles. The summed E-state index contributed by atoms with van der Waals surface area (Å²) in [4.78, 5) is 19.3. The number of amides is 1. The van der Waals surface area contributed by atoms with Gasteiger partial charge in [0.25, 0.3) is 15.9 Å². The fourth-order valence-electron chi connectivity index (χ4n) is 3.07. The average Bonchev–Trinajstić information content (AvgIpc) is 3.18. The van der Waals surface area contributed by atoms with Gasteiger partial charge in [-0.15, -0.1) is 16.4 Å². The summed E-state index contributed by atoms with van der Waals surface area (Å²) in [6, 6.07) is -0.365. The molecule has 1 amide bonds. The van der Waals surface area contributed by atoms with Crippen LogP contribution >= 0.6 is 11.3 Å². The van der Waals surface area contributed by atoms with Crippen molar-refractivity contribution >= 4 is 43.2 Å². The lowest BCUT2D eigenvalue weighted by atomic mass is 10.1. The predicted octanol–water partition coefficient (Wildman–Crippen LogP) is 0.427. The SMILES string of the molecule is Cc1nnc2sc(C(=O)N3CC(NS(=O)(=O)c4cn(C)cn4)C3)c(N)c2c1C. The Morgan fingerprint density at radius 1 is 1.32 bits per heavy atom. The first-order valence-corrected chi connectivity index (χ1v) is 10.8. The molecule has 1 aliphatic heterocycles. The van der Waals surface area contributed by atoms with Crippen molar-refractivity contribution in [2.24, 2.45) is 7.05 Å². The van der Waals surface area contributed by atoms with Gasteiger partial charge in [0.2, 0.25) is 0 Å². The standard InChI is InChI=1S/C16H19N7O3S2/c1-8-9(2)19-20-15-12(8)13(17)14(27-15)16(24)23-4-10(5-23)21-28(25,26)11-6-22(3)7-18-11/h6-7,10,21H,4-5,17H2,1-3H3. The van der Waals surface area contributed by atoms with E-state index in [1.165, 1.54) is 23.9 Å². The van der Waals surface area contributed by atoms with Crippen molar-refractivity contribution in [2.45, 2.75) is 24.9 Å². The van der Waals surface area contributed by atoms with E-state index >= 15 is 0 Å². The summed E-state index contributed by atoms with van der Waals surface area (Å²) in [5.41, 5.74) is 8.29. The van der Waals surface area contributed by atoms with Crippen LogP contribution in [0.15, 0.2) is 17.6 Å². The third kappa shape index (κ3) is 3.02. The molecule has 0 unspecified atom stereocenters. The summed E-state index contributed by atoms with van der Waals surface area (Å²) in [6.45, 7) is 4.27. The number of carbonyl (C=O) groups is 1. The van der Waals surface area contributed by atoms with E-state index < -0.39 is 10.0 Å². The van der Waals surface area contributed by atoms with Crippen LogP contribution in [0, 0.1) is 13.8 Å². The highest BCUT2D eigenvalue weighted by molar-refractivity contribution is 7.89. The lowest BCUT2D eigenvalue weighted by Crippen LogP contribution is -2.60. The van der Waals surface area contributed by atoms with Gasteiger partial charge in [-0.25, -0.2) is 18.1 Å². The Morgan fingerprint density at radius 2 is 2.04 bits per heavy atom. The van der Waals surface area contributed by atoms with Gasteiger partial charge in [-0.1, -0.05) is 0 Å². The number of imidazole rings is 1. The summed E-state index contributed by atoms with van der Waals surface area (Å²) < 4.78 is 28.8. The Hall–Kier alpha value is -2.57. The second kappa shape index (κ2) is 6.50. The van der Waals surface area contributed by atoms with E-state index in [1.807, 2.05) is 13.8 Å². The number of nitrogens with one attached hydrogen (secondary N) is 1. The van der Waals surface area contributed by atoms with Crippen molar-refractivity contribution in [3.8, 4) is 0 Å². The number of hydrogen-bond acceptors (Lipinski definition) is 8. The predicted molar refractivity (Wildman–Crippen MR) is 105 cm³/mol. The summed E-state index contributed by atoms with van der Waals surface area (Å²) in [6.07, 6.45) is 2.84. The van der Waals surface area contributed by atoms with Crippen LogP contribution in [0.2, 0.25) is 0 Å². The number of hydrogen-bond donors (Lipinski definition) is 2. The van der Waals surface area contributed by atoms with Gasteiger partial charge in [0.15, 0.2) is 5.03 Å². The Labute approximate surface area is 165 Å². The molecule has 4 rings (SSSR count). The highest BCUT2D eigenvalue weighted by Crippen LogP contribution is 2.36. The highest BCUT2D eigenvalue weighted by Gasteiger charge is 2.36. The Morgan fingerprint density at radius 3 is 2.68 bits per heavy atom. The second-order valence-electron chi connectivity index (χ2n) is 6.84. The van der Waals surface area contributed by atoms with Crippen LogP contribution in [0.25, 0.3) is 10.2 Å². The molecule has 4 heterocycles. The first kappa shape index (κ1) is 18.8. The molecule has 28 heavy (non-hydrogen) atoms. The molecule has 0 aromatic carbocycles. The third-order valence-corrected chi connectivity index (χ3v) is 7.26. The maximum atomic E-state index is 12.8. The molecule has 3 aromatic heterocycles. The van der Waals surface area contributed by atoms with Crippen LogP contribution in [0.5, 0.6) is 0 Å². The Balaban J connectivity index is 1.48. The molecule has 1 fully saturated rings. The van der Waals surface area contributed by atoms with Gasteiger partial charge in [-0.2, -0.15) is 5.10 Å². The van der Waals surface area contributed by atoms with Crippen LogP contribution in [0.1, 0.15) is 20.9 Å². The summed E-state index contributed by atoms with van der Waals surface area (Å²) >= 11 is 1.21.